The highest BCUT2D eigenvalue weighted by Gasteiger charge is 2.21. The van der Waals surface area contributed by atoms with Gasteiger partial charge in [-0.15, -0.1) is 0 Å². The fourth-order valence-corrected chi connectivity index (χ4v) is 3.08. The zero-order valence-corrected chi connectivity index (χ0v) is 15.3. The van der Waals surface area contributed by atoms with Crippen LogP contribution < -0.4 is 10.2 Å². The van der Waals surface area contributed by atoms with Gasteiger partial charge in [0.25, 0.3) is 0 Å². The zero-order chi connectivity index (χ0) is 16.9. The van der Waals surface area contributed by atoms with Crippen LogP contribution in [-0.4, -0.2) is 53.5 Å². The quantitative estimate of drug-likeness (QED) is 0.840. The van der Waals surface area contributed by atoms with Gasteiger partial charge < -0.3 is 10.2 Å². The molecule has 1 fully saturated rings. The predicted octanol–water partition coefficient (Wildman–Crippen LogP) is 2.65. The highest BCUT2D eigenvalue weighted by Crippen LogP contribution is 2.22. The molecule has 0 bridgehead atoms. The molecule has 1 aromatic heterocycles. The van der Waals surface area contributed by atoms with E-state index < -0.39 is 0 Å². The third kappa shape index (κ3) is 4.43. The summed E-state index contributed by atoms with van der Waals surface area (Å²) in [6.07, 6.45) is 3.10. The lowest BCUT2D eigenvalue weighted by molar-refractivity contribution is -0.117. The van der Waals surface area contributed by atoms with Crippen molar-refractivity contribution in [3.05, 3.63) is 46.3 Å². The number of hydrogen-bond donors (Lipinski definition) is 1. The van der Waals surface area contributed by atoms with Crippen LogP contribution in [0.5, 0.6) is 0 Å². The minimum absolute atomic E-state index is 0.00848. The summed E-state index contributed by atoms with van der Waals surface area (Å²) in [6.45, 7) is 3.51. The summed E-state index contributed by atoms with van der Waals surface area (Å²) < 4.78 is 0.986. The van der Waals surface area contributed by atoms with Crippen LogP contribution in [0.1, 0.15) is 0 Å². The first kappa shape index (κ1) is 17.1. The molecule has 126 valence electrons. The average molecular weight is 411 g/mol. The summed E-state index contributed by atoms with van der Waals surface area (Å²) in [5.41, 5.74) is 0.801. The molecule has 0 atom stereocenters. The molecule has 0 saturated carbocycles. The van der Waals surface area contributed by atoms with Gasteiger partial charge in [0.1, 0.15) is 11.3 Å². The zero-order valence-electron chi connectivity index (χ0n) is 13.0. The van der Waals surface area contributed by atoms with Gasteiger partial charge in [0, 0.05) is 36.3 Å². The van der Waals surface area contributed by atoms with Crippen molar-refractivity contribution in [1.82, 2.24) is 14.9 Å². The molecule has 2 heterocycles. The SMILES string of the molecule is O=C(CN1CCN(c2ncncc2Cl)CC1)Nc1ccc(Br)cc1. The molecule has 24 heavy (non-hydrogen) atoms. The Morgan fingerprint density at radius 1 is 1.21 bits per heavy atom. The van der Waals surface area contributed by atoms with Crippen LogP contribution in [0.25, 0.3) is 0 Å². The van der Waals surface area contributed by atoms with Crippen molar-refractivity contribution in [2.45, 2.75) is 0 Å². The van der Waals surface area contributed by atoms with E-state index in [1.807, 2.05) is 24.3 Å². The number of carbonyl (C=O) groups excluding carboxylic acids is 1. The maximum absolute atomic E-state index is 12.2. The van der Waals surface area contributed by atoms with Crippen molar-refractivity contribution in [3.63, 3.8) is 0 Å². The molecule has 8 heteroatoms. The van der Waals surface area contributed by atoms with Crippen LogP contribution in [0.4, 0.5) is 11.5 Å². The second kappa shape index (κ2) is 7.92. The summed E-state index contributed by atoms with van der Waals surface area (Å²) in [6, 6.07) is 7.55. The van der Waals surface area contributed by atoms with Crippen LogP contribution in [-0.2, 0) is 4.79 Å². The predicted molar refractivity (Wildman–Crippen MR) is 98.5 cm³/mol. The van der Waals surface area contributed by atoms with Gasteiger partial charge in [-0.3, -0.25) is 9.69 Å². The van der Waals surface area contributed by atoms with Crippen molar-refractivity contribution in [1.29, 1.82) is 0 Å². The Labute approximate surface area is 154 Å². The summed E-state index contributed by atoms with van der Waals surface area (Å²) in [7, 11) is 0. The first-order valence-corrected chi connectivity index (χ1v) is 8.77. The lowest BCUT2D eigenvalue weighted by Crippen LogP contribution is -2.49. The number of rotatable bonds is 4. The van der Waals surface area contributed by atoms with E-state index in [0.717, 1.165) is 42.2 Å². The Morgan fingerprint density at radius 2 is 1.92 bits per heavy atom. The molecule has 0 aliphatic carbocycles. The first-order chi connectivity index (χ1) is 11.6. The number of benzene rings is 1. The normalized spacial score (nSPS) is 15.3. The Kier molecular flexibility index (Phi) is 5.65. The largest absolute Gasteiger partial charge is 0.353 e. The third-order valence-electron chi connectivity index (χ3n) is 3.82. The molecule has 0 radical (unpaired) electrons. The molecule has 0 unspecified atom stereocenters. The Morgan fingerprint density at radius 3 is 2.58 bits per heavy atom. The van der Waals surface area contributed by atoms with E-state index >= 15 is 0 Å². The summed E-state index contributed by atoms with van der Waals surface area (Å²) in [4.78, 5) is 24.5. The molecule has 1 aromatic carbocycles. The number of hydrogen-bond acceptors (Lipinski definition) is 5. The number of piperazine rings is 1. The maximum Gasteiger partial charge on any atom is 0.238 e. The fourth-order valence-electron chi connectivity index (χ4n) is 2.59. The Bertz CT molecular complexity index is 704. The van der Waals surface area contributed by atoms with Crippen LogP contribution >= 0.6 is 27.5 Å². The van der Waals surface area contributed by atoms with Gasteiger partial charge in [-0.05, 0) is 24.3 Å². The first-order valence-electron chi connectivity index (χ1n) is 7.60. The van der Waals surface area contributed by atoms with Gasteiger partial charge in [0.15, 0.2) is 5.82 Å². The number of nitrogens with one attached hydrogen (secondary N) is 1. The van der Waals surface area contributed by atoms with Crippen LogP contribution in [0, 0.1) is 0 Å². The van der Waals surface area contributed by atoms with E-state index in [-0.39, 0.29) is 5.91 Å². The smallest absolute Gasteiger partial charge is 0.238 e. The van der Waals surface area contributed by atoms with Gasteiger partial charge in [-0.1, -0.05) is 27.5 Å². The van der Waals surface area contributed by atoms with E-state index in [2.05, 4.69) is 41.0 Å². The minimum atomic E-state index is -0.00848. The van der Waals surface area contributed by atoms with Gasteiger partial charge in [0.05, 0.1) is 12.7 Å². The lowest BCUT2D eigenvalue weighted by atomic mass is 10.3. The van der Waals surface area contributed by atoms with Crippen LogP contribution in [0.2, 0.25) is 5.02 Å². The number of carbonyl (C=O) groups is 1. The second-order valence-corrected chi connectivity index (χ2v) is 6.84. The second-order valence-electron chi connectivity index (χ2n) is 5.51. The molecule has 1 aliphatic rings. The number of amides is 1. The van der Waals surface area contributed by atoms with E-state index in [0.29, 0.717) is 11.6 Å². The van der Waals surface area contributed by atoms with Gasteiger partial charge in [-0.2, -0.15) is 0 Å². The van der Waals surface area contributed by atoms with Crippen LogP contribution in [0.3, 0.4) is 0 Å². The van der Waals surface area contributed by atoms with Crippen molar-refractivity contribution in [3.8, 4) is 0 Å². The number of nitrogens with zero attached hydrogens (tertiary/aromatic N) is 4. The number of halogens is 2. The van der Waals surface area contributed by atoms with Crippen LogP contribution in [0.15, 0.2) is 41.3 Å². The molecule has 6 nitrogen and oxygen atoms in total. The van der Waals surface area contributed by atoms with E-state index in [1.54, 1.807) is 6.20 Å². The summed E-state index contributed by atoms with van der Waals surface area (Å²) in [5, 5.41) is 3.47. The molecule has 1 aliphatic heterocycles. The summed E-state index contributed by atoms with van der Waals surface area (Å²) >= 11 is 9.51. The number of aromatic nitrogens is 2. The molecule has 1 saturated heterocycles. The molecular weight excluding hydrogens is 394 g/mol. The standard InChI is InChI=1S/C16H17BrClN5O/c17-12-1-3-13(4-2-12)21-15(24)10-22-5-7-23(8-6-22)16-14(18)9-19-11-20-16/h1-4,9,11H,5-8,10H2,(H,21,24). The topological polar surface area (TPSA) is 61.4 Å². The maximum atomic E-state index is 12.2. The molecule has 1 N–H and O–H groups in total. The van der Waals surface area contributed by atoms with E-state index in [9.17, 15) is 4.79 Å². The van der Waals surface area contributed by atoms with Gasteiger partial charge >= 0.3 is 0 Å². The molecule has 3 rings (SSSR count). The van der Waals surface area contributed by atoms with Crippen molar-refractivity contribution < 1.29 is 4.79 Å². The monoisotopic (exact) mass is 409 g/mol. The molecule has 0 spiro atoms. The molecular formula is C16H17BrClN5O. The minimum Gasteiger partial charge on any atom is -0.353 e. The van der Waals surface area contributed by atoms with Crippen molar-refractivity contribution >= 4 is 44.9 Å². The molecule has 1 amide bonds. The average Bonchev–Trinajstić information content (AvgIpc) is 2.58. The Balaban J connectivity index is 1.49. The molecule has 2 aromatic rings. The Hall–Kier alpha value is -1.70. The third-order valence-corrected chi connectivity index (χ3v) is 4.61. The fraction of sp³-hybridized carbons (Fsp3) is 0.312. The summed E-state index contributed by atoms with van der Waals surface area (Å²) in [5.74, 6) is 0.747. The van der Waals surface area contributed by atoms with Crippen molar-refractivity contribution in [2.75, 3.05) is 42.9 Å². The lowest BCUT2D eigenvalue weighted by Gasteiger charge is -2.35. The van der Waals surface area contributed by atoms with Gasteiger partial charge in [0.2, 0.25) is 5.91 Å². The van der Waals surface area contributed by atoms with E-state index in [1.165, 1.54) is 6.33 Å². The highest BCUT2D eigenvalue weighted by molar-refractivity contribution is 9.10. The highest BCUT2D eigenvalue weighted by atomic mass is 79.9. The van der Waals surface area contributed by atoms with E-state index in [4.69, 9.17) is 11.6 Å². The number of anilines is 2. The van der Waals surface area contributed by atoms with Gasteiger partial charge in [-0.25, -0.2) is 9.97 Å². The van der Waals surface area contributed by atoms with Crippen molar-refractivity contribution in [2.24, 2.45) is 0 Å².